The highest BCUT2D eigenvalue weighted by atomic mass is 16.5. The standard InChI is InChI=1S/C13H22O2/c1-5-6-7-11-8-13(4,10(2)3)9-12(14)15-11/h11H,2,5-9H2,1,3-4H3. The maximum absolute atomic E-state index is 11.5. The Bertz CT molecular complexity index is 257. The Morgan fingerprint density at radius 2 is 2.33 bits per heavy atom. The number of rotatable bonds is 4. The average molecular weight is 210 g/mol. The van der Waals surface area contributed by atoms with Crippen molar-refractivity contribution in [3.63, 3.8) is 0 Å². The van der Waals surface area contributed by atoms with E-state index in [9.17, 15) is 4.79 Å². The van der Waals surface area contributed by atoms with Crippen LogP contribution in [-0.2, 0) is 9.53 Å². The summed E-state index contributed by atoms with van der Waals surface area (Å²) in [7, 11) is 0. The van der Waals surface area contributed by atoms with Crippen LogP contribution in [0.5, 0.6) is 0 Å². The third kappa shape index (κ3) is 3.08. The lowest BCUT2D eigenvalue weighted by atomic mass is 9.74. The molecule has 0 aliphatic carbocycles. The van der Waals surface area contributed by atoms with Gasteiger partial charge in [0.05, 0.1) is 6.42 Å². The van der Waals surface area contributed by atoms with Crippen LogP contribution in [-0.4, -0.2) is 12.1 Å². The van der Waals surface area contributed by atoms with E-state index in [1.165, 1.54) is 0 Å². The van der Waals surface area contributed by atoms with Crippen LogP contribution < -0.4 is 0 Å². The minimum atomic E-state index is -0.0622. The number of hydrogen-bond donors (Lipinski definition) is 0. The molecule has 0 aromatic heterocycles. The number of hydrogen-bond acceptors (Lipinski definition) is 2. The van der Waals surface area contributed by atoms with E-state index in [1.54, 1.807) is 0 Å². The fraction of sp³-hybridized carbons (Fsp3) is 0.769. The van der Waals surface area contributed by atoms with Crippen LogP contribution in [0.15, 0.2) is 12.2 Å². The average Bonchev–Trinajstić information content (AvgIpc) is 2.13. The van der Waals surface area contributed by atoms with Crippen molar-refractivity contribution in [2.75, 3.05) is 0 Å². The van der Waals surface area contributed by atoms with Crippen molar-refractivity contribution in [3.05, 3.63) is 12.2 Å². The van der Waals surface area contributed by atoms with Crippen molar-refractivity contribution in [2.24, 2.45) is 5.41 Å². The van der Waals surface area contributed by atoms with Crippen LogP contribution in [0.4, 0.5) is 0 Å². The largest absolute Gasteiger partial charge is 0.462 e. The molecule has 15 heavy (non-hydrogen) atoms. The monoisotopic (exact) mass is 210 g/mol. The van der Waals surface area contributed by atoms with E-state index in [0.29, 0.717) is 6.42 Å². The van der Waals surface area contributed by atoms with Crippen molar-refractivity contribution in [3.8, 4) is 0 Å². The van der Waals surface area contributed by atoms with Crippen LogP contribution in [0.3, 0.4) is 0 Å². The number of esters is 1. The summed E-state index contributed by atoms with van der Waals surface area (Å²) in [5.74, 6) is -0.0622. The maximum atomic E-state index is 11.5. The summed E-state index contributed by atoms with van der Waals surface area (Å²) >= 11 is 0. The van der Waals surface area contributed by atoms with Gasteiger partial charge in [-0.1, -0.05) is 38.8 Å². The zero-order chi connectivity index (χ0) is 11.5. The van der Waals surface area contributed by atoms with Crippen molar-refractivity contribution in [1.29, 1.82) is 0 Å². The Hall–Kier alpha value is -0.790. The molecule has 0 radical (unpaired) electrons. The molecule has 2 atom stereocenters. The molecule has 86 valence electrons. The lowest BCUT2D eigenvalue weighted by Crippen LogP contribution is -2.36. The molecule has 0 saturated carbocycles. The minimum absolute atomic E-state index is 0.0479. The molecule has 2 nitrogen and oxygen atoms in total. The quantitative estimate of drug-likeness (QED) is 0.524. The van der Waals surface area contributed by atoms with E-state index in [1.807, 2.05) is 6.92 Å². The number of ether oxygens (including phenoxy) is 1. The van der Waals surface area contributed by atoms with Crippen molar-refractivity contribution in [2.45, 2.75) is 59.0 Å². The van der Waals surface area contributed by atoms with Crippen molar-refractivity contribution in [1.82, 2.24) is 0 Å². The summed E-state index contributed by atoms with van der Waals surface area (Å²) in [4.78, 5) is 11.5. The van der Waals surface area contributed by atoms with Crippen LogP contribution in [0.25, 0.3) is 0 Å². The van der Waals surface area contributed by atoms with Gasteiger partial charge in [-0.05, 0) is 19.8 Å². The molecule has 0 amide bonds. The van der Waals surface area contributed by atoms with Gasteiger partial charge < -0.3 is 4.74 Å². The van der Waals surface area contributed by atoms with Gasteiger partial charge >= 0.3 is 5.97 Å². The summed E-state index contributed by atoms with van der Waals surface area (Å²) in [6.45, 7) is 10.3. The van der Waals surface area contributed by atoms with Gasteiger partial charge in [-0.25, -0.2) is 0 Å². The highest BCUT2D eigenvalue weighted by molar-refractivity contribution is 5.72. The van der Waals surface area contributed by atoms with Gasteiger partial charge in [0.15, 0.2) is 0 Å². The second-order valence-electron chi connectivity index (χ2n) is 4.98. The molecule has 0 aromatic rings. The minimum Gasteiger partial charge on any atom is -0.462 e. The molecule has 0 spiro atoms. The van der Waals surface area contributed by atoms with Gasteiger partial charge in [-0.15, -0.1) is 0 Å². The summed E-state index contributed by atoms with van der Waals surface area (Å²) in [5.41, 5.74) is 1.05. The Morgan fingerprint density at radius 1 is 1.67 bits per heavy atom. The van der Waals surface area contributed by atoms with Gasteiger partial charge in [-0.3, -0.25) is 4.79 Å². The highest BCUT2D eigenvalue weighted by Gasteiger charge is 2.37. The molecule has 1 aliphatic rings. The van der Waals surface area contributed by atoms with E-state index in [2.05, 4.69) is 20.4 Å². The first kappa shape index (κ1) is 12.3. The molecule has 2 heteroatoms. The third-order valence-corrected chi connectivity index (χ3v) is 3.42. The van der Waals surface area contributed by atoms with E-state index in [-0.39, 0.29) is 17.5 Å². The Kier molecular flexibility index (Phi) is 3.95. The first-order valence-corrected chi connectivity index (χ1v) is 5.83. The predicted octanol–water partition coefficient (Wildman–Crippen LogP) is 3.46. The van der Waals surface area contributed by atoms with Crippen LogP contribution in [0.1, 0.15) is 52.9 Å². The van der Waals surface area contributed by atoms with E-state index in [0.717, 1.165) is 31.3 Å². The predicted molar refractivity (Wildman–Crippen MR) is 61.6 cm³/mol. The molecule has 1 saturated heterocycles. The molecular weight excluding hydrogens is 188 g/mol. The molecule has 0 N–H and O–H groups in total. The van der Waals surface area contributed by atoms with Crippen molar-refractivity contribution >= 4 is 5.97 Å². The fourth-order valence-corrected chi connectivity index (χ4v) is 2.08. The second-order valence-corrected chi connectivity index (χ2v) is 4.98. The number of cyclic esters (lactones) is 1. The molecule has 1 aliphatic heterocycles. The second kappa shape index (κ2) is 4.82. The molecule has 1 heterocycles. The van der Waals surface area contributed by atoms with Gasteiger partial charge in [0.1, 0.15) is 6.10 Å². The normalized spacial score (nSPS) is 31.1. The van der Waals surface area contributed by atoms with E-state index >= 15 is 0 Å². The summed E-state index contributed by atoms with van der Waals surface area (Å²) < 4.78 is 5.35. The van der Waals surface area contributed by atoms with Crippen LogP contribution >= 0.6 is 0 Å². The first-order chi connectivity index (χ1) is 6.98. The fourth-order valence-electron chi connectivity index (χ4n) is 2.08. The lowest BCUT2D eigenvalue weighted by molar-refractivity contribution is -0.160. The number of carbonyl (C=O) groups is 1. The Labute approximate surface area is 92.7 Å². The third-order valence-electron chi connectivity index (χ3n) is 3.42. The zero-order valence-electron chi connectivity index (χ0n) is 10.1. The number of unbranched alkanes of at least 4 members (excludes halogenated alkanes) is 1. The molecule has 1 rings (SSSR count). The number of carbonyl (C=O) groups excluding carboxylic acids is 1. The van der Waals surface area contributed by atoms with Crippen molar-refractivity contribution < 1.29 is 9.53 Å². The summed E-state index contributed by atoms with van der Waals surface area (Å²) in [6.07, 6.45) is 4.81. The topological polar surface area (TPSA) is 26.3 Å². The zero-order valence-corrected chi connectivity index (χ0v) is 10.1. The van der Waals surface area contributed by atoms with Crippen LogP contribution in [0.2, 0.25) is 0 Å². The smallest absolute Gasteiger partial charge is 0.306 e. The highest BCUT2D eigenvalue weighted by Crippen LogP contribution is 2.40. The maximum Gasteiger partial charge on any atom is 0.306 e. The first-order valence-electron chi connectivity index (χ1n) is 5.83. The molecular formula is C13H22O2. The molecule has 0 bridgehead atoms. The van der Waals surface area contributed by atoms with Gasteiger partial charge in [-0.2, -0.15) is 0 Å². The Morgan fingerprint density at radius 3 is 2.87 bits per heavy atom. The Balaban J connectivity index is 2.63. The van der Waals surface area contributed by atoms with Crippen LogP contribution in [0, 0.1) is 5.41 Å². The summed E-state index contributed by atoms with van der Waals surface area (Å²) in [6, 6.07) is 0. The number of allylic oxidation sites excluding steroid dienone is 1. The SMILES string of the molecule is C=C(C)C1(C)CC(=O)OC(CCCC)C1. The van der Waals surface area contributed by atoms with Gasteiger partial charge in [0.25, 0.3) is 0 Å². The lowest BCUT2D eigenvalue weighted by Gasteiger charge is -2.37. The van der Waals surface area contributed by atoms with Gasteiger partial charge in [0.2, 0.25) is 0 Å². The molecule has 2 unspecified atom stereocenters. The van der Waals surface area contributed by atoms with Gasteiger partial charge in [0, 0.05) is 5.41 Å². The molecule has 1 fully saturated rings. The van der Waals surface area contributed by atoms with E-state index < -0.39 is 0 Å². The van der Waals surface area contributed by atoms with E-state index in [4.69, 9.17) is 4.74 Å². The summed E-state index contributed by atoms with van der Waals surface area (Å²) in [5, 5.41) is 0. The molecule has 0 aromatic carbocycles.